The third-order valence-electron chi connectivity index (χ3n) is 3.08. The summed E-state index contributed by atoms with van der Waals surface area (Å²) < 4.78 is 37.2. The van der Waals surface area contributed by atoms with Crippen molar-refractivity contribution in [3.8, 4) is 0 Å². The third kappa shape index (κ3) is 3.57. The molecule has 0 fully saturated rings. The Balaban J connectivity index is 2.23. The van der Waals surface area contributed by atoms with Gasteiger partial charge in [0.25, 0.3) is 0 Å². The van der Waals surface area contributed by atoms with Crippen LogP contribution in [0.5, 0.6) is 0 Å². The molecular formula is C13H16FN3O3S. The molecule has 1 aromatic heterocycles. The van der Waals surface area contributed by atoms with Crippen molar-refractivity contribution in [2.45, 2.75) is 6.92 Å². The van der Waals surface area contributed by atoms with Gasteiger partial charge in [-0.15, -0.1) is 0 Å². The van der Waals surface area contributed by atoms with Crippen LogP contribution in [0.25, 0.3) is 11.0 Å². The molecular weight excluding hydrogens is 297 g/mol. The van der Waals surface area contributed by atoms with Crippen molar-refractivity contribution in [3.63, 3.8) is 0 Å². The third-order valence-corrected chi connectivity index (χ3v) is 4.18. The van der Waals surface area contributed by atoms with Crippen molar-refractivity contribution in [1.29, 1.82) is 0 Å². The molecule has 0 radical (unpaired) electrons. The predicted molar refractivity (Wildman–Crippen MR) is 78.2 cm³/mol. The topological polar surface area (TPSA) is 81.1 Å². The Bertz CT molecular complexity index is 798. The molecule has 2 aromatic rings. The number of hydrogen-bond donors (Lipinski definition) is 1. The van der Waals surface area contributed by atoms with Gasteiger partial charge in [0, 0.05) is 25.3 Å². The monoisotopic (exact) mass is 313 g/mol. The number of fused-ring (bicyclic) bond motifs is 1. The van der Waals surface area contributed by atoms with E-state index < -0.39 is 27.5 Å². The maximum Gasteiger partial charge on any atom is 0.230 e. The second-order valence-electron chi connectivity index (χ2n) is 5.11. The fourth-order valence-corrected chi connectivity index (χ4v) is 3.11. The summed E-state index contributed by atoms with van der Waals surface area (Å²) in [4.78, 5) is 16.1. The summed E-state index contributed by atoms with van der Waals surface area (Å²) in [6.07, 6.45) is 1.08. The molecule has 1 atom stereocenters. The molecule has 21 heavy (non-hydrogen) atoms. The Morgan fingerprint density at radius 2 is 2.14 bits per heavy atom. The molecule has 2 rings (SSSR count). The number of benzene rings is 1. The van der Waals surface area contributed by atoms with E-state index in [1.165, 1.54) is 19.1 Å². The first-order valence-electron chi connectivity index (χ1n) is 6.28. The highest BCUT2D eigenvalue weighted by Crippen LogP contribution is 2.19. The highest BCUT2D eigenvalue weighted by atomic mass is 32.2. The van der Waals surface area contributed by atoms with Crippen molar-refractivity contribution in [3.05, 3.63) is 24.0 Å². The van der Waals surface area contributed by atoms with Gasteiger partial charge in [-0.2, -0.15) is 0 Å². The van der Waals surface area contributed by atoms with Gasteiger partial charge < -0.3 is 4.57 Å². The minimum absolute atomic E-state index is 0.239. The van der Waals surface area contributed by atoms with Crippen LogP contribution < -0.4 is 5.32 Å². The van der Waals surface area contributed by atoms with E-state index in [2.05, 4.69) is 10.3 Å². The Labute approximate surface area is 121 Å². The van der Waals surface area contributed by atoms with E-state index in [1.54, 1.807) is 17.7 Å². The van der Waals surface area contributed by atoms with Gasteiger partial charge in [-0.05, 0) is 12.1 Å². The highest BCUT2D eigenvalue weighted by molar-refractivity contribution is 7.90. The second kappa shape index (κ2) is 5.44. The van der Waals surface area contributed by atoms with E-state index in [9.17, 15) is 17.6 Å². The number of aromatic nitrogens is 2. The van der Waals surface area contributed by atoms with Crippen molar-refractivity contribution < 1.29 is 17.6 Å². The van der Waals surface area contributed by atoms with Crippen LogP contribution in [0.3, 0.4) is 0 Å². The first kappa shape index (κ1) is 15.4. The van der Waals surface area contributed by atoms with Gasteiger partial charge >= 0.3 is 0 Å². The lowest BCUT2D eigenvalue weighted by molar-refractivity contribution is -0.118. The lowest BCUT2D eigenvalue weighted by Gasteiger charge is -2.10. The predicted octanol–water partition coefficient (Wildman–Crippen LogP) is 1.33. The van der Waals surface area contributed by atoms with E-state index in [-0.39, 0.29) is 11.7 Å². The van der Waals surface area contributed by atoms with Crippen molar-refractivity contribution in [1.82, 2.24) is 9.55 Å². The van der Waals surface area contributed by atoms with E-state index in [0.29, 0.717) is 11.0 Å². The van der Waals surface area contributed by atoms with Gasteiger partial charge in [-0.3, -0.25) is 10.1 Å². The van der Waals surface area contributed by atoms with E-state index in [0.717, 1.165) is 6.26 Å². The average Bonchev–Trinajstić information content (AvgIpc) is 2.63. The fraction of sp³-hybridized carbons (Fsp3) is 0.385. The second-order valence-corrected chi connectivity index (χ2v) is 7.30. The zero-order chi connectivity index (χ0) is 15.8. The molecule has 114 valence electrons. The molecule has 0 aliphatic rings. The minimum atomic E-state index is -3.24. The van der Waals surface area contributed by atoms with Crippen molar-refractivity contribution >= 4 is 32.7 Å². The number of rotatable bonds is 4. The van der Waals surface area contributed by atoms with Crippen LogP contribution in [0.4, 0.5) is 10.3 Å². The highest BCUT2D eigenvalue weighted by Gasteiger charge is 2.20. The smallest absolute Gasteiger partial charge is 0.230 e. The number of carbonyl (C=O) groups excluding carboxylic acids is 1. The Hall–Kier alpha value is -1.96. The van der Waals surface area contributed by atoms with Gasteiger partial charge in [0.2, 0.25) is 11.9 Å². The number of sulfone groups is 1. The molecule has 0 aliphatic heterocycles. The number of nitrogens with one attached hydrogen (secondary N) is 1. The maximum absolute atomic E-state index is 13.2. The summed E-state index contributed by atoms with van der Waals surface area (Å²) in [6, 6.07) is 4.14. The van der Waals surface area contributed by atoms with Gasteiger partial charge in [0.15, 0.2) is 0 Å². The molecule has 1 N–H and O–H groups in total. The number of aryl methyl sites for hydroxylation is 1. The summed E-state index contributed by atoms with van der Waals surface area (Å²) in [5.74, 6) is -1.54. The fourth-order valence-electron chi connectivity index (χ4n) is 2.05. The SMILES string of the molecule is C[C@@H](CS(C)(=O)=O)C(=O)Nc1nc2cc(F)ccc2n1C. The van der Waals surface area contributed by atoms with Crippen molar-refractivity contribution in [2.75, 3.05) is 17.3 Å². The summed E-state index contributed by atoms with van der Waals surface area (Å²) in [5.41, 5.74) is 1.09. The Kier molecular flexibility index (Phi) is 3.99. The van der Waals surface area contributed by atoms with Gasteiger partial charge in [-0.1, -0.05) is 6.92 Å². The maximum atomic E-state index is 13.2. The van der Waals surface area contributed by atoms with Crippen LogP contribution in [-0.4, -0.2) is 35.9 Å². The van der Waals surface area contributed by atoms with Gasteiger partial charge in [-0.25, -0.2) is 17.8 Å². The van der Waals surface area contributed by atoms with Gasteiger partial charge in [0.05, 0.1) is 16.8 Å². The molecule has 0 saturated heterocycles. The zero-order valence-corrected chi connectivity index (χ0v) is 12.7. The first-order valence-corrected chi connectivity index (χ1v) is 8.34. The normalized spacial score (nSPS) is 13.3. The molecule has 0 saturated carbocycles. The molecule has 0 bridgehead atoms. The largest absolute Gasteiger partial charge is 0.313 e. The van der Waals surface area contributed by atoms with Crippen LogP contribution in [0.15, 0.2) is 18.2 Å². The molecule has 1 aromatic carbocycles. The molecule has 1 heterocycles. The lowest BCUT2D eigenvalue weighted by Crippen LogP contribution is -2.27. The van der Waals surface area contributed by atoms with E-state index in [1.807, 2.05) is 0 Å². The number of anilines is 1. The van der Waals surface area contributed by atoms with Gasteiger partial charge in [0.1, 0.15) is 15.7 Å². The number of amides is 1. The molecule has 0 aliphatic carbocycles. The first-order chi connectivity index (χ1) is 9.67. The number of halogens is 1. The standard InChI is InChI=1S/C13H16FN3O3S/c1-8(7-21(3,19)20)12(18)16-13-15-10-6-9(14)4-5-11(10)17(13)2/h4-6,8H,7H2,1-3H3,(H,15,16,18)/t8-/m0/s1. The van der Waals surface area contributed by atoms with E-state index >= 15 is 0 Å². The number of imidazole rings is 1. The Morgan fingerprint density at radius 3 is 2.76 bits per heavy atom. The summed E-state index contributed by atoms with van der Waals surface area (Å²) >= 11 is 0. The van der Waals surface area contributed by atoms with Crippen LogP contribution in [0, 0.1) is 11.7 Å². The van der Waals surface area contributed by atoms with Crippen molar-refractivity contribution in [2.24, 2.45) is 13.0 Å². The Morgan fingerprint density at radius 1 is 1.48 bits per heavy atom. The number of nitrogens with zero attached hydrogens (tertiary/aromatic N) is 2. The summed E-state index contributed by atoms with van der Waals surface area (Å²) in [7, 11) is -1.55. The molecule has 1 amide bonds. The number of carbonyl (C=O) groups is 1. The molecule has 0 unspecified atom stereocenters. The molecule has 0 spiro atoms. The quantitative estimate of drug-likeness (QED) is 0.923. The lowest BCUT2D eigenvalue weighted by atomic mass is 10.2. The summed E-state index contributed by atoms with van der Waals surface area (Å²) in [6.45, 7) is 1.53. The van der Waals surface area contributed by atoms with E-state index in [4.69, 9.17) is 0 Å². The van der Waals surface area contributed by atoms with Crippen LogP contribution >= 0.6 is 0 Å². The average molecular weight is 313 g/mol. The molecule has 6 nitrogen and oxygen atoms in total. The van der Waals surface area contributed by atoms with Crippen LogP contribution in [0.1, 0.15) is 6.92 Å². The van der Waals surface area contributed by atoms with Crippen LogP contribution in [0.2, 0.25) is 0 Å². The molecule has 8 heteroatoms. The van der Waals surface area contributed by atoms with Crippen LogP contribution in [-0.2, 0) is 21.7 Å². The summed E-state index contributed by atoms with van der Waals surface area (Å²) in [5, 5.41) is 2.57. The number of hydrogen-bond acceptors (Lipinski definition) is 4. The zero-order valence-electron chi connectivity index (χ0n) is 11.9. The minimum Gasteiger partial charge on any atom is -0.313 e.